The molecule has 0 saturated carbocycles. The lowest BCUT2D eigenvalue weighted by Crippen LogP contribution is -2.03. The van der Waals surface area contributed by atoms with Gasteiger partial charge in [-0.15, -0.1) is 0 Å². The Bertz CT molecular complexity index is 3710. The Morgan fingerprint density at radius 1 is 0.484 bits per heavy atom. The number of rotatable bonds is 10. The number of aromatic nitrogens is 6. The molecule has 5 heterocycles. The van der Waals surface area contributed by atoms with Crippen molar-refractivity contribution in [2.24, 2.45) is 0 Å². The maximum Gasteiger partial charge on any atom is 0.137 e. The molecule has 0 aliphatic carbocycles. The highest BCUT2D eigenvalue weighted by atomic mass is 16.5. The van der Waals surface area contributed by atoms with Gasteiger partial charge in [-0.1, -0.05) is 74.0 Å². The summed E-state index contributed by atoms with van der Waals surface area (Å²) in [6, 6.07) is 51.9. The third kappa shape index (κ3) is 6.99. The highest BCUT2D eigenvalue weighted by Gasteiger charge is 2.19. The van der Waals surface area contributed by atoms with Gasteiger partial charge >= 0.3 is 0 Å². The second-order valence-electron chi connectivity index (χ2n) is 16.2. The van der Waals surface area contributed by atoms with E-state index in [4.69, 9.17) is 33.5 Å². The van der Waals surface area contributed by atoms with Gasteiger partial charge in [0, 0.05) is 61.3 Å². The summed E-state index contributed by atoms with van der Waals surface area (Å²) in [7, 11) is 0. The van der Waals surface area contributed by atoms with Gasteiger partial charge in [0.1, 0.15) is 34.6 Å². The molecule has 0 aliphatic heterocycles. The highest BCUT2D eigenvalue weighted by molar-refractivity contribution is 6.10. The van der Waals surface area contributed by atoms with E-state index in [0.717, 1.165) is 72.8 Å². The first-order valence-corrected chi connectivity index (χ1v) is 21.5. The van der Waals surface area contributed by atoms with Crippen LogP contribution in [0.4, 0.5) is 0 Å². The lowest BCUT2D eigenvalue weighted by Gasteiger charge is -2.15. The number of fused-ring (bicyclic) bond motifs is 6. The molecule has 8 heteroatoms. The number of pyridine rings is 2. The van der Waals surface area contributed by atoms with Gasteiger partial charge in [0.25, 0.3) is 0 Å². The smallest absolute Gasteiger partial charge is 0.137 e. The monoisotopic (exact) mass is 835 g/mol. The summed E-state index contributed by atoms with van der Waals surface area (Å²) in [5.74, 6) is 4.03. The molecule has 0 unspecified atom stereocenters. The van der Waals surface area contributed by atoms with Gasteiger partial charge in [0.05, 0.1) is 44.8 Å². The first kappa shape index (κ1) is 35.5. The van der Waals surface area contributed by atoms with E-state index in [1.54, 1.807) is 0 Å². The van der Waals surface area contributed by atoms with Crippen LogP contribution < -0.4 is 9.47 Å². The number of ether oxygens (including phenoxy) is 2. The molecule has 310 valence electrons. The highest BCUT2D eigenvalue weighted by Crippen LogP contribution is 2.38. The van der Waals surface area contributed by atoms with Crippen LogP contribution in [0.1, 0.15) is 40.0 Å². The Morgan fingerprint density at radius 3 is 1.50 bits per heavy atom. The Labute approximate surface area is 375 Å². The van der Waals surface area contributed by atoms with Crippen LogP contribution in [-0.2, 0) is 6.42 Å². The maximum atomic E-state index is 8.70. The van der Waals surface area contributed by atoms with E-state index in [0.29, 0.717) is 51.9 Å². The van der Waals surface area contributed by atoms with Crippen LogP contribution in [0.2, 0.25) is 0 Å². The molecule has 0 spiro atoms. The predicted molar refractivity (Wildman–Crippen MR) is 258 cm³/mol. The SMILES string of the molecule is [2H]C([2H])([2H])c1nc(-c2cccc(Oc3ccc4c5ccccc5n(-c5cc(C)ccn5)c4c3)c2)c(CCC)nc1-c1cccc(Oc2ccc3c4ccccc4n(-c4cc(C)ccn4)c3c2)c1. The zero-order valence-corrected chi connectivity index (χ0v) is 35.6. The lowest BCUT2D eigenvalue weighted by molar-refractivity contribution is 0.483. The van der Waals surface area contributed by atoms with Crippen molar-refractivity contribution in [2.75, 3.05) is 0 Å². The molecule has 6 aromatic carbocycles. The average molecular weight is 836 g/mol. The van der Waals surface area contributed by atoms with Crippen molar-refractivity contribution < 1.29 is 13.6 Å². The fourth-order valence-electron chi connectivity index (χ4n) is 8.81. The number of nitrogens with zero attached hydrogens (tertiary/aromatic N) is 6. The summed E-state index contributed by atoms with van der Waals surface area (Å²) in [5.41, 5.74) is 8.93. The minimum atomic E-state index is -2.57. The molecule has 0 aliphatic rings. The van der Waals surface area contributed by atoms with Crippen molar-refractivity contribution >= 4 is 43.6 Å². The van der Waals surface area contributed by atoms with Crippen LogP contribution >= 0.6 is 0 Å². The Kier molecular flexibility index (Phi) is 8.86. The molecule has 11 rings (SSSR count). The molecule has 0 radical (unpaired) electrons. The quantitative estimate of drug-likeness (QED) is 0.136. The standard InChI is InChI=1S/C56H44N6O2/c1-5-12-48-56(39-14-11-16-41(32-39)64-43-22-24-47-45-18-7-9-20-50(45)62(52(47)34-43)54-30-36(3)26-28-58-54)59-37(4)55(60-48)38-13-10-15-40(31-38)63-42-21-23-46-44-17-6-8-19-49(44)61(51(46)33-42)53-29-35(2)25-27-57-53/h6-11,13-34H,5,12H2,1-4H3/i4D3. The normalized spacial score (nSPS) is 12.5. The minimum absolute atomic E-state index is 0.0922. The first-order chi connectivity index (χ1) is 32.6. The summed E-state index contributed by atoms with van der Waals surface area (Å²) in [4.78, 5) is 19.5. The van der Waals surface area contributed by atoms with Gasteiger partial charge in [-0.25, -0.2) is 19.9 Å². The fourth-order valence-corrected chi connectivity index (χ4v) is 8.81. The Morgan fingerprint density at radius 2 is 0.984 bits per heavy atom. The van der Waals surface area contributed by atoms with E-state index in [1.807, 2.05) is 122 Å². The molecule has 0 bridgehead atoms. The summed E-state index contributed by atoms with van der Waals surface area (Å²) >= 11 is 0. The third-order valence-electron chi connectivity index (χ3n) is 11.7. The fraction of sp³-hybridized carbons (Fsp3) is 0.107. The van der Waals surface area contributed by atoms with E-state index in [2.05, 4.69) is 78.4 Å². The Hall–Kier alpha value is -8.10. The van der Waals surface area contributed by atoms with Gasteiger partial charge in [-0.3, -0.25) is 9.13 Å². The Balaban J connectivity index is 0.940. The number of benzene rings is 6. The summed E-state index contributed by atoms with van der Waals surface area (Å²) in [6.45, 7) is 3.62. The molecule has 5 aromatic heterocycles. The van der Waals surface area contributed by atoms with Gasteiger partial charge in [0.15, 0.2) is 0 Å². The molecular weight excluding hydrogens is 789 g/mol. The van der Waals surface area contributed by atoms with Gasteiger partial charge in [-0.05, 0) is 123 Å². The van der Waals surface area contributed by atoms with E-state index >= 15 is 0 Å². The molecule has 0 amide bonds. The number of hydrogen-bond donors (Lipinski definition) is 0. The van der Waals surface area contributed by atoms with Crippen LogP contribution in [0.25, 0.3) is 77.8 Å². The largest absolute Gasteiger partial charge is 0.457 e. The zero-order valence-electron chi connectivity index (χ0n) is 38.6. The van der Waals surface area contributed by atoms with Crippen LogP contribution in [-0.4, -0.2) is 29.1 Å². The van der Waals surface area contributed by atoms with Gasteiger partial charge in [0.2, 0.25) is 0 Å². The predicted octanol–water partition coefficient (Wildman–Crippen LogP) is 14.3. The number of aryl methyl sites for hydroxylation is 4. The van der Waals surface area contributed by atoms with Crippen LogP contribution in [0, 0.1) is 20.7 Å². The van der Waals surface area contributed by atoms with Crippen molar-refractivity contribution in [3.8, 4) is 57.1 Å². The van der Waals surface area contributed by atoms with Crippen LogP contribution in [0.5, 0.6) is 23.0 Å². The first-order valence-electron chi connectivity index (χ1n) is 23.0. The van der Waals surface area contributed by atoms with E-state index in [9.17, 15) is 0 Å². The van der Waals surface area contributed by atoms with Crippen LogP contribution in [0.3, 0.4) is 0 Å². The van der Waals surface area contributed by atoms with Gasteiger partial charge < -0.3 is 9.47 Å². The molecule has 0 saturated heterocycles. The van der Waals surface area contributed by atoms with Crippen LogP contribution in [0.15, 0.2) is 170 Å². The van der Waals surface area contributed by atoms with Crippen molar-refractivity contribution in [1.29, 1.82) is 0 Å². The maximum absolute atomic E-state index is 8.70. The zero-order chi connectivity index (χ0) is 45.8. The summed E-state index contributed by atoms with van der Waals surface area (Å²) in [5, 5.41) is 4.41. The molecule has 0 atom stereocenters. The summed E-state index contributed by atoms with van der Waals surface area (Å²) < 4.78 is 43.6. The van der Waals surface area contributed by atoms with Crippen molar-refractivity contribution in [3.63, 3.8) is 0 Å². The number of para-hydroxylation sites is 2. The number of hydrogen-bond acceptors (Lipinski definition) is 6. The van der Waals surface area contributed by atoms with E-state index in [1.165, 1.54) is 0 Å². The van der Waals surface area contributed by atoms with E-state index in [-0.39, 0.29) is 11.4 Å². The van der Waals surface area contributed by atoms with Crippen molar-refractivity contribution in [1.82, 2.24) is 29.1 Å². The van der Waals surface area contributed by atoms with Crippen molar-refractivity contribution in [3.05, 3.63) is 193 Å². The molecule has 8 nitrogen and oxygen atoms in total. The molecule has 0 fully saturated rings. The van der Waals surface area contributed by atoms with E-state index < -0.39 is 6.85 Å². The molecular formula is C56H44N6O2. The minimum Gasteiger partial charge on any atom is -0.457 e. The van der Waals surface area contributed by atoms with Gasteiger partial charge in [-0.2, -0.15) is 0 Å². The molecule has 11 aromatic rings. The summed E-state index contributed by atoms with van der Waals surface area (Å²) in [6.07, 6.45) is 5.01. The second-order valence-corrected chi connectivity index (χ2v) is 16.2. The van der Waals surface area contributed by atoms with Crippen molar-refractivity contribution in [2.45, 2.75) is 40.5 Å². The third-order valence-corrected chi connectivity index (χ3v) is 11.7. The second kappa shape index (κ2) is 16.0. The average Bonchev–Trinajstić information content (AvgIpc) is 3.83. The molecule has 0 N–H and O–H groups in total. The molecule has 64 heavy (non-hydrogen) atoms. The topological polar surface area (TPSA) is 79.9 Å². The lowest BCUT2D eigenvalue weighted by atomic mass is 10.0.